The highest BCUT2D eigenvalue weighted by atomic mass is 32.2. The van der Waals surface area contributed by atoms with Crippen LogP contribution in [0.1, 0.15) is 25.7 Å². The number of hydrogen-bond acceptors (Lipinski definition) is 5. The van der Waals surface area contributed by atoms with E-state index in [0.29, 0.717) is 32.5 Å². The molecular weight excluding hydrogens is 284 g/mol. The predicted molar refractivity (Wildman–Crippen MR) is 75.1 cm³/mol. The molecule has 1 unspecified atom stereocenters. The van der Waals surface area contributed by atoms with Gasteiger partial charge >= 0.3 is 5.97 Å². The lowest BCUT2D eigenvalue weighted by molar-refractivity contribution is -0.144. The molecule has 1 rings (SSSR count). The van der Waals surface area contributed by atoms with Crippen LogP contribution in [0.2, 0.25) is 0 Å². The summed E-state index contributed by atoms with van der Waals surface area (Å²) in [4.78, 5) is 12.9. The SMILES string of the molecule is COCCCS(=O)(=O)NCCN1CCCCC1C(=O)O. The third kappa shape index (κ3) is 6.17. The summed E-state index contributed by atoms with van der Waals surface area (Å²) in [5.74, 6) is -0.795. The molecule has 1 saturated heterocycles. The lowest BCUT2D eigenvalue weighted by Crippen LogP contribution is -2.47. The van der Waals surface area contributed by atoms with Gasteiger partial charge in [-0.2, -0.15) is 0 Å². The topological polar surface area (TPSA) is 95.9 Å². The van der Waals surface area contributed by atoms with Crippen LogP contribution in [-0.2, 0) is 19.6 Å². The van der Waals surface area contributed by atoms with Crippen molar-refractivity contribution in [1.82, 2.24) is 9.62 Å². The van der Waals surface area contributed by atoms with Crippen molar-refractivity contribution in [3.05, 3.63) is 0 Å². The van der Waals surface area contributed by atoms with E-state index in [9.17, 15) is 13.2 Å². The van der Waals surface area contributed by atoms with Crippen LogP contribution in [0.5, 0.6) is 0 Å². The minimum Gasteiger partial charge on any atom is -0.480 e. The lowest BCUT2D eigenvalue weighted by Gasteiger charge is -2.32. The van der Waals surface area contributed by atoms with E-state index in [0.717, 1.165) is 12.8 Å². The number of carboxylic acids is 1. The van der Waals surface area contributed by atoms with Crippen LogP contribution in [0.25, 0.3) is 0 Å². The van der Waals surface area contributed by atoms with Gasteiger partial charge in [-0.3, -0.25) is 9.69 Å². The van der Waals surface area contributed by atoms with Gasteiger partial charge in [-0.05, 0) is 25.8 Å². The summed E-state index contributed by atoms with van der Waals surface area (Å²) in [5, 5.41) is 9.12. The number of ether oxygens (including phenoxy) is 1. The first kappa shape index (κ1) is 17.4. The zero-order valence-corrected chi connectivity index (χ0v) is 12.7. The fraction of sp³-hybridized carbons (Fsp3) is 0.917. The number of rotatable bonds is 9. The number of methoxy groups -OCH3 is 1. The Bertz CT molecular complexity index is 399. The standard InChI is InChI=1S/C12H24N2O5S/c1-19-9-4-10-20(17,18)13-6-8-14-7-3-2-5-11(14)12(15)16/h11,13H,2-10H2,1H3,(H,15,16). The number of piperidine rings is 1. The van der Waals surface area contributed by atoms with Gasteiger partial charge < -0.3 is 9.84 Å². The molecule has 20 heavy (non-hydrogen) atoms. The minimum absolute atomic E-state index is 0.0310. The molecule has 1 atom stereocenters. The molecule has 1 fully saturated rings. The monoisotopic (exact) mass is 308 g/mol. The van der Waals surface area contributed by atoms with E-state index in [4.69, 9.17) is 9.84 Å². The molecule has 1 aliphatic rings. The molecule has 0 saturated carbocycles. The zero-order chi connectivity index (χ0) is 15.0. The quantitative estimate of drug-likeness (QED) is 0.577. The van der Waals surface area contributed by atoms with Gasteiger partial charge in [0, 0.05) is 26.8 Å². The molecule has 1 aliphatic heterocycles. The fourth-order valence-corrected chi connectivity index (χ4v) is 3.39. The number of nitrogens with one attached hydrogen (secondary N) is 1. The molecule has 7 nitrogen and oxygen atoms in total. The van der Waals surface area contributed by atoms with Crippen molar-refractivity contribution >= 4 is 16.0 Å². The average molecular weight is 308 g/mol. The van der Waals surface area contributed by atoms with E-state index in [1.807, 2.05) is 4.90 Å². The maximum absolute atomic E-state index is 11.7. The van der Waals surface area contributed by atoms with Crippen LogP contribution in [0.15, 0.2) is 0 Å². The molecule has 0 aromatic heterocycles. The average Bonchev–Trinajstić information content (AvgIpc) is 2.39. The van der Waals surface area contributed by atoms with Gasteiger partial charge in [-0.25, -0.2) is 13.1 Å². The maximum Gasteiger partial charge on any atom is 0.320 e. The predicted octanol–water partition coefficient (Wildman–Crippen LogP) is -0.119. The third-order valence-electron chi connectivity index (χ3n) is 3.38. The van der Waals surface area contributed by atoms with Crippen molar-refractivity contribution in [1.29, 1.82) is 0 Å². The normalized spacial score (nSPS) is 20.9. The summed E-state index contributed by atoms with van der Waals surface area (Å²) >= 11 is 0. The number of hydrogen-bond donors (Lipinski definition) is 2. The van der Waals surface area contributed by atoms with Gasteiger partial charge in [0.15, 0.2) is 0 Å². The highest BCUT2D eigenvalue weighted by Crippen LogP contribution is 2.16. The number of nitrogens with zero attached hydrogens (tertiary/aromatic N) is 1. The van der Waals surface area contributed by atoms with E-state index in [2.05, 4.69) is 4.72 Å². The van der Waals surface area contributed by atoms with Crippen LogP contribution in [0, 0.1) is 0 Å². The van der Waals surface area contributed by atoms with Gasteiger partial charge in [-0.1, -0.05) is 6.42 Å². The molecule has 0 bridgehead atoms. The smallest absolute Gasteiger partial charge is 0.320 e. The number of carboxylic acid groups (broad SMARTS) is 1. The van der Waals surface area contributed by atoms with Crippen molar-refractivity contribution < 1.29 is 23.1 Å². The van der Waals surface area contributed by atoms with Gasteiger partial charge in [-0.15, -0.1) is 0 Å². The molecular formula is C12H24N2O5S. The van der Waals surface area contributed by atoms with E-state index < -0.39 is 22.0 Å². The molecule has 2 N–H and O–H groups in total. The van der Waals surface area contributed by atoms with Crippen LogP contribution < -0.4 is 4.72 Å². The van der Waals surface area contributed by atoms with E-state index in [1.165, 1.54) is 7.11 Å². The molecule has 0 aliphatic carbocycles. The zero-order valence-electron chi connectivity index (χ0n) is 11.9. The first-order valence-corrected chi connectivity index (χ1v) is 8.54. The Morgan fingerprint density at radius 2 is 2.20 bits per heavy atom. The first-order chi connectivity index (χ1) is 9.46. The second-order valence-electron chi connectivity index (χ2n) is 4.95. The molecule has 0 radical (unpaired) electrons. The van der Waals surface area contributed by atoms with Gasteiger partial charge in [0.2, 0.25) is 10.0 Å². The lowest BCUT2D eigenvalue weighted by atomic mass is 10.0. The Morgan fingerprint density at radius 1 is 1.45 bits per heavy atom. The summed E-state index contributed by atoms with van der Waals surface area (Å²) in [6, 6.07) is -0.484. The van der Waals surface area contributed by atoms with Gasteiger partial charge in [0.05, 0.1) is 5.75 Å². The Morgan fingerprint density at radius 3 is 2.85 bits per heavy atom. The minimum atomic E-state index is -3.30. The van der Waals surface area contributed by atoms with E-state index >= 15 is 0 Å². The molecule has 0 aromatic rings. The Kier molecular flexibility index (Phi) is 7.42. The number of likely N-dealkylation sites (tertiary alicyclic amines) is 1. The third-order valence-corrected chi connectivity index (χ3v) is 4.85. The Labute approximate surface area is 120 Å². The highest BCUT2D eigenvalue weighted by Gasteiger charge is 2.27. The summed E-state index contributed by atoms with van der Waals surface area (Å²) in [7, 11) is -1.77. The Balaban J connectivity index is 2.33. The van der Waals surface area contributed by atoms with Crippen LogP contribution in [0.3, 0.4) is 0 Å². The summed E-state index contributed by atoms with van der Waals surface area (Å²) in [6.07, 6.45) is 2.96. The van der Waals surface area contributed by atoms with Crippen LogP contribution >= 0.6 is 0 Å². The van der Waals surface area contributed by atoms with Crippen molar-refractivity contribution in [3.8, 4) is 0 Å². The Hall–Kier alpha value is -0.700. The van der Waals surface area contributed by atoms with Crippen LogP contribution in [0.4, 0.5) is 0 Å². The van der Waals surface area contributed by atoms with Crippen molar-refractivity contribution in [3.63, 3.8) is 0 Å². The molecule has 0 aromatic carbocycles. The molecule has 118 valence electrons. The second kappa shape index (κ2) is 8.56. The largest absolute Gasteiger partial charge is 0.480 e. The van der Waals surface area contributed by atoms with E-state index in [-0.39, 0.29) is 12.3 Å². The highest BCUT2D eigenvalue weighted by molar-refractivity contribution is 7.89. The molecule has 0 amide bonds. The first-order valence-electron chi connectivity index (χ1n) is 6.89. The number of sulfonamides is 1. The van der Waals surface area contributed by atoms with E-state index in [1.54, 1.807) is 0 Å². The van der Waals surface area contributed by atoms with Gasteiger partial charge in [0.25, 0.3) is 0 Å². The molecule has 1 heterocycles. The fourth-order valence-electron chi connectivity index (χ4n) is 2.35. The second-order valence-corrected chi connectivity index (χ2v) is 6.87. The van der Waals surface area contributed by atoms with Crippen molar-refractivity contribution in [2.24, 2.45) is 0 Å². The maximum atomic E-state index is 11.7. The van der Waals surface area contributed by atoms with Gasteiger partial charge in [0.1, 0.15) is 6.04 Å². The molecule has 8 heteroatoms. The van der Waals surface area contributed by atoms with Crippen LogP contribution in [-0.4, -0.2) is 69.5 Å². The number of carbonyl (C=O) groups is 1. The number of aliphatic carboxylic acids is 1. The summed E-state index contributed by atoms with van der Waals surface area (Å²) < 4.78 is 30.6. The summed E-state index contributed by atoms with van der Waals surface area (Å²) in [5.41, 5.74) is 0. The van der Waals surface area contributed by atoms with Crippen molar-refractivity contribution in [2.75, 3.05) is 39.1 Å². The molecule has 0 spiro atoms. The van der Waals surface area contributed by atoms with Crippen molar-refractivity contribution in [2.45, 2.75) is 31.7 Å². The summed E-state index contributed by atoms with van der Waals surface area (Å²) in [6.45, 7) is 1.80.